The number of benzene rings is 2. The first-order valence-electron chi connectivity index (χ1n) is 10.5. The van der Waals surface area contributed by atoms with Gasteiger partial charge in [-0.05, 0) is 43.0 Å². The third-order valence-electron chi connectivity index (χ3n) is 5.91. The van der Waals surface area contributed by atoms with Crippen LogP contribution in [0.25, 0.3) is 0 Å². The summed E-state index contributed by atoms with van der Waals surface area (Å²) in [7, 11) is 0. The normalized spacial score (nSPS) is 16.9. The van der Waals surface area contributed by atoms with Crippen LogP contribution in [0.4, 0.5) is 5.69 Å². The van der Waals surface area contributed by atoms with E-state index in [0.717, 1.165) is 12.1 Å². The Bertz CT molecular complexity index is 829. The maximum absolute atomic E-state index is 12.9. The van der Waals surface area contributed by atoms with E-state index < -0.39 is 0 Å². The molecule has 1 saturated heterocycles. The van der Waals surface area contributed by atoms with Gasteiger partial charge in [0.2, 0.25) is 5.91 Å². The average Bonchev–Trinajstić information content (AvgIpc) is 2.78. The van der Waals surface area contributed by atoms with Crippen molar-refractivity contribution in [1.82, 2.24) is 9.80 Å². The quantitative estimate of drug-likeness (QED) is 0.807. The number of amides is 2. The molecule has 0 saturated carbocycles. The van der Waals surface area contributed by atoms with Crippen molar-refractivity contribution in [2.24, 2.45) is 0 Å². The standard InChI is InChI=1S/C24H31N3O2/c1-4-18(2)21-12-8-9-13-22(21)25-23(28)19(3)26-14-16-27(17-15-26)24(29)20-10-6-5-7-11-20/h5-13,18-19H,4,14-17H2,1-3H3,(H,25,28). The Morgan fingerprint density at radius 3 is 2.21 bits per heavy atom. The van der Waals surface area contributed by atoms with Gasteiger partial charge < -0.3 is 10.2 Å². The van der Waals surface area contributed by atoms with Crippen LogP contribution in [0.15, 0.2) is 54.6 Å². The fourth-order valence-corrected chi connectivity index (χ4v) is 3.74. The molecule has 1 aliphatic heterocycles. The van der Waals surface area contributed by atoms with Crippen molar-refractivity contribution in [3.8, 4) is 0 Å². The molecule has 0 radical (unpaired) electrons. The molecule has 29 heavy (non-hydrogen) atoms. The molecule has 154 valence electrons. The molecule has 2 unspecified atom stereocenters. The number of nitrogens with zero attached hydrogens (tertiary/aromatic N) is 2. The van der Waals surface area contributed by atoms with Crippen molar-refractivity contribution < 1.29 is 9.59 Å². The van der Waals surface area contributed by atoms with Gasteiger partial charge in [0.25, 0.3) is 5.91 Å². The van der Waals surface area contributed by atoms with E-state index in [1.165, 1.54) is 5.56 Å². The Morgan fingerprint density at radius 2 is 1.55 bits per heavy atom. The summed E-state index contributed by atoms with van der Waals surface area (Å²) in [6.07, 6.45) is 1.03. The van der Waals surface area contributed by atoms with Gasteiger partial charge in [0.1, 0.15) is 0 Å². The molecule has 5 nitrogen and oxygen atoms in total. The van der Waals surface area contributed by atoms with Gasteiger partial charge >= 0.3 is 0 Å². The van der Waals surface area contributed by atoms with Gasteiger partial charge in [-0.3, -0.25) is 14.5 Å². The minimum absolute atomic E-state index is 0.00332. The number of anilines is 1. The van der Waals surface area contributed by atoms with Crippen LogP contribution in [0.2, 0.25) is 0 Å². The Balaban J connectivity index is 1.57. The van der Waals surface area contributed by atoms with Gasteiger partial charge in [-0.2, -0.15) is 0 Å². The molecular formula is C24H31N3O2. The number of nitrogens with one attached hydrogen (secondary N) is 1. The van der Waals surface area contributed by atoms with Gasteiger partial charge in [0.05, 0.1) is 6.04 Å². The summed E-state index contributed by atoms with van der Waals surface area (Å²) in [5.41, 5.74) is 2.79. The van der Waals surface area contributed by atoms with E-state index in [2.05, 4.69) is 30.1 Å². The number of hydrogen-bond donors (Lipinski definition) is 1. The number of para-hydroxylation sites is 1. The molecule has 2 atom stereocenters. The molecule has 0 bridgehead atoms. The molecule has 3 rings (SSSR count). The van der Waals surface area contributed by atoms with Crippen molar-refractivity contribution in [3.63, 3.8) is 0 Å². The summed E-state index contributed by atoms with van der Waals surface area (Å²) in [6, 6.07) is 17.2. The number of carbonyl (C=O) groups excluding carboxylic acids is 2. The highest BCUT2D eigenvalue weighted by atomic mass is 16.2. The highest BCUT2D eigenvalue weighted by Gasteiger charge is 2.28. The van der Waals surface area contributed by atoms with E-state index in [1.54, 1.807) is 0 Å². The van der Waals surface area contributed by atoms with Gasteiger partial charge in [0, 0.05) is 37.4 Å². The van der Waals surface area contributed by atoms with Gasteiger partial charge in [-0.25, -0.2) is 0 Å². The second kappa shape index (κ2) is 9.70. The highest BCUT2D eigenvalue weighted by Crippen LogP contribution is 2.26. The molecule has 2 aromatic carbocycles. The molecule has 1 aliphatic rings. The van der Waals surface area contributed by atoms with Gasteiger partial charge in [-0.15, -0.1) is 0 Å². The Hall–Kier alpha value is -2.66. The lowest BCUT2D eigenvalue weighted by molar-refractivity contribution is -0.121. The van der Waals surface area contributed by atoms with Crippen molar-refractivity contribution in [2.45, 2.75) is 39.2 Å². The second-order valence-corrected chi connectivity index (χ2v) is 7.76. The fourth-order valence-electron chi connectivity index (χ4n) is 3.74. The van der Waals surface area contributed by atoms with E-state index in [1.807, 2.05) is 60.4 Å². The first kappa shape index (κ1) is 21.1. The highest BCUT2D eigenvalue weighted by molar-refractivity contribution is 5.95. The van der Waals surface area contributed by atoms with Crippen molar-refractivity contribution in [1.29, 1.82) is 0 Å². The summed E-state index contributed by atoms with van der Waals surface area (Å²) in [6.45, 7) is 8.93. The first-order valence-corrected chi connectivity index (χ1v) is 10.5. The molecule has 5 heteroatoms. The maximum atomic E-state index is 12.9. The van der Waals surface area contributed by atoms with E-state index >= 15 is 0 Å². The van der Waals surface area contributed by atoms with E-state index in [9.17, 15) is 9.59 Å². The topological polar surface area (TPSA) is 52.7 Å². The minimum atomic E-state index is -0.242. The van der Waals surface area contributed by atoms with Crippen molar-refractivity contribution in [2.75, 3.05) is 31.5 Å². The smallest absolute Gasteiger partial charge is 0.253 e. The minimum Gasteiger partial charge on any atom is -0.336 e. The van der Waals surface area contributed by atoms with Crippen molar-refractivity contribution >= 4 is 17.5 Å². The lowest BCUT2D eigenvalue weighted by Gasteiger charge is -2.37. The zero-order chi connectivity index (χ0) is 20.8. The summed E-state index contributed by atoms with van der Waals surface area (Å²) in [5.74, 6) is 0.461. The summed E-state index contributed by atoms with van der Waals surface area (Å²) in [4.78, 5) is 29.5. The predicted octanol–water partition coefficient (Wildman–Crippen LogP) is 3.99. The summed E-state index contributed by atoms with van der Waals surface area (Å²) < 4.78 is 0. The molecule has 0 aliphatic carbocycles. The van der Waals surface area contributed by atoms with Crippen LogP contribution in [-0.2, 0) is 4.79 Å². The molecule has 0 aromatic heterocycles. The largest absolute Gasteiger partial charge is 0.336 e. The van der Waals surface area contributed by atoms with Crippen molar-refractivity contribution in [3.05, 3.63) is 65.7 Å². The zero-order valence-electron chi connectivity index (χ0n) is 17.6. The lowest BCUT2D eigenvalue weighted by atomic mass is 9.97. The number of hydrogen-bond acceptors (Lipinski definition) is 3. The summed E-state index contributed by atoms with van der Waals surface area (Å²) in [5, 5.41) is 3.12. The number of carbonyl (C=O) groups is 2. The zero-order valence-corrected chi connectivity index (χ0v) is 17.6. The van der Waals surface area contributed by atoms with Crippen LogP contribution >= 0.6 is 0 Å². The molecule has 2 amide bonds. The molecule has 1 fully saturated rings. The first-order chi connectivity index (χ1) is 14.0. The average molecular weight is 394 g/mol. The van der Waals surface area contributed by atoms with Crippen LogP contribution in [0.5, 0.6) is 0 Å². The Labute approximate surface area is 173 Å². The van der Waals surface area contributed by atoms with Crippen LogP contribution in [0.3, 0.4) is 0 Å². The van der Waals surface area contributed by atoms with Gasteiger partial charge in [-0.1, -0.05) is 50.2 Å². The Kier molecular flexibility index (Phi) is 7.04. The van der Waals surface area contributed by atoms with Crippen LogP contribution in [0, 0.1) is 0 Å². The fraction of sp³-hybridized carbons (Fsp3) is 0.417. The SMILES string of the molecule is CCC(C)c1ccccc1NC(=O)C(C)N1CCN(C(=O)c2ccccc2)CC1. The number of piperazine rings is 1. The predicted molar refractivity (Wildman–Crippen MR) is 117 cm³/mol. The molecular weight excluding hydrogens is 362 g/mol. The third-order valence-corrected chi connectivity index (χ3v) is 5.91. The van der Waals surface area contributed by atoms with Crippen LogP contribution in [0.1, 0.15) is 49.0 Å². The molecule has 1 N–H and O–H groups in total. The van der Waals surface area contributed by atoms with Crippen LogP contribution in [-0.4, -0.2) is 53.8 Å². The summed E-state index contributed by atoms with van der Waals surface area (Å²) >= 11 is 0. The monoisotopic (exact) mass is 393 g/mol. The third kappa shape index (κ3) is 5.04. The lowest BCUT2D eigenvalue weighted by Crippen LogP contribution is -2.54. The van der Waals surface area contributed by atoms with Crippen LogP contribution < -0.4 is 5.32 Å². The van der Waals surface area contributed by atoms with E-state index in [0.29, 0.717) is 37.7 Å². The van der Waals surface area contributed by atoms with Gasteiger partial charge in [0.15, 0.2) is 0 Å². The maximum Gasteiger partial charge on any atom is 0.253 e. The second-order valence-electron chi connectivity index (χ2n) is 7.76. The Morgan fingerprint density at radius 1 is 0.931 bits per heavy atom. The van der Waals surface area contributed by atoms with E-state index in [-0.39, 0.29) is 17.9 Å². The molecule has 1 heterocycles. The molecule has 0 spiro atoms. The van der Waals surface area contributed by atoms with E-state index in [4.69, 9.17) is 0 Å². The number of rotatable bonds is 6. The molecule has 2 aromatic rings.